The summed E-state index contributed by atoms with van der Waals surface area (Å²) in [6, 6.07) is 17.4. The Kier molecular flexibility index (Phi) is 4.51. The first kappa shape index (κ1) is 16.5. The van der Waals surface area contributed by atoms with Gasteiger partial charge in [0.15, 0.2) is 0 Å². The quantitative estimate of drug-likeness (QED) is 0.675. The van der Waals surface area contributed by atoms with Gasteiger partial charge in [0.05, 0.1) is 24.1 Å². The first-order valence-corrected chi connectivity index (χ1v) is 8.59. The van der Waals surface area contributed by atoms with Crippen molar-refractivity contribution in [1.82, 2.24) is 15.5 Å². The lowest BCUT2D eigenvalue weighted by Gasteiger charge is -2.24. The zero-order chi connectivity index (χ0) is 17.9. The largest absolute Gasteiger partial charge is 0.371 e. The number of benzene rings is 2. The van der Waals surface area contributed by atoms with E-state index >= 15 is 0 Å². The molecule has 4 N–H and O–H groups in total. The summed E-state index contributed by atoms with van der Waals surface area (Å²) in [4.78, 5) is 11.2. The molecule has 4 rings (SSSR count). The molecule has 1 saturated heterocycles. The molecule has 1 atom stereocenters. The molecule has 26 heavy (non-hydrogen) atoms. The maximum Gasteiger partial charge on any atom is 0.248 e. The summed E-state index contributed by atoms with van der Waals surface area (Å²) in [6.07, 6.45) is 0.110. The number of hydrogen-bond acceptors (Lipinski definition) is 4. The highest BCUT2D eigenvalue weighted by Crippen LogP contribution is 2.26. The number of aromatic nitrogens is 2. The van der Waals surface area contributed by atoms with Gasteiger partial charge in [0.2, 0.25) is 5.91 Å². The number of amides is 1. The Bertz CT molecular complexity index is 894. The minimum absolute atomic E-state index is 0.110. The van der Waals surface area contributed by atoms with Crippen LogP contribution in [0.4, 0.5) is 0 Å². The molecule has 0 bridgehead atoms. The van der Waals surface area contributed by atoms with Crippen LogP contribution in [0.15, 0.2) is 54.6 Å². The lowest BCUT2D eigenvalue weighted by atomic mass is 10.0. The second-order valence-electron chi connectivity index (χ2n) is 6.29. The molecule has 1 aromatic heterocycles. The van der Waals surface area contributed by atoms with Crippen LogP contribution in [0.2, 0.25) is 0 Å². The molecule has 1 fully saturated rings. The monoisotopic (exact) mass is 348 g/mol. The molecular formula is C20H20N4O2. The zero-order valence-electron chi connectivity index (χ0n) is 14.2. The molecule has 0 saturated carbocycles. The standard InChI is InChI=1S/C20H20N4O2/c21-20(25)16-7-3-14(4-8-16)18-11-17(23-24-18)13-1-5-15(6-2-13)19-12-22-9-10-26-19/h1-8,11,19,22H,9-10,12H2,(H2,21,25)(H,23,24). The molecule has 6 heteroatoms. The van der Waals surface area contributed by atoms with Gasteiger partial charge in [-0.15, -0.1) is 0 Å². The highest BCUT2D eigenvalue weighted by Gasteiger charge is 2.15. The van der Waals surface area contributed by atoms with Crippen molar-refractivity contribution < 1.29 is 9.53 Å². The number of nitrogens with two attached hydrogens (primary N) is 1. The summed E-state index contributed by atoms with van der Waals surface area (Å²) in [5.41, 5.74) is 10.7. The number of morpholine rings is 1. The van der Waals surface area contributed by atoms with E-state index in [0.717, 1.165) is 42.2 Å². The normalized spacial score (nSPS) is 17.2. The van der Waals surface area contributed by atoms with Gasteiger partial charge in [-0.1, -0.05) is 36.4 Å². The smallest absolute Gasteiger partial charge is 0.248 e. The SMILES string of the molecule is NC(=O)c1ccc(-c2cc(-c3ccc(C4CNCCO4)cc3)[nH]n2)cc1. The van der Waals surface area contributed by atoms with E-state index in [2.05, 4.69) is 39.8 Å². The average Bonchev–Trinajstić information content (AvgIpc) is 3.19. The second-order valence-corrected chi connectivity index (χ2v) is 6.29. The molecule has 132 valence electrons. The van der Waals surface area contributed by atoms with Crippen LogP contribution in [0, 0.1) is 0 Å². The van der Waals surface area contributed by atoms with Crippen LogP contribution in [0.25, 0.3) is 22.5 Å². The third kappa shape index (κ3) is 3.37. The van der Waals surface area contributed by atoms with Gasteiger partial charge in [-0.25, -0.2) is 0 Å². The van der Waals surface area contributed by atoms with Crippen molar-refractivity contribution in [1.29, 1.82) is 0 Å². The van der Waals surface area contributed by atoms with Crippen molar-refractivity contribution >= 4 is 5.91 Å². The fraction of sp³-hybridized carbons (Fsp3) is 0.200. The van der Waals surface area contributed by atoms with Gasteiger partial charge < -0.3 is 15.8 Å². The lowest BCUT2D eigenvalue weighted by molar-refractivity contribution is 0.0277. The van der Waals surface area contributed by atoms with E-state index in [1.807, 2.05) is 18.2 Å². The van der Waals surface area contributed by atoms with E-state index in [-0.39, 0.29) is 6.10 Å². The van der Waals surface area contributed by atoms with Crippen LogP contribution in [0.5, 0.6) is 0 Å². The molecule has 3 aromatic rings. The van der Waals surface area contributed by atoms with Gasteiger partial charge in [-0.05, 0) is 29.3 Å². The molecule has 2 aromatic carbocycles. The lowest BCUT2D eigenvalue weighted by Crippen LogP contribution is -2.33. The van der Waals surface area contributed by atoms with Crippen molar-refractivity contribution in [2.45, 2.75) is 6.10 Å². The predicted molar refractivity (Wildman–Crippen MR) is 99.5 cm³/mol. The molecule has 0 spiro atoms. The molecule has 1 unspecified atom stereocenters. The number of nitrogens with zero attached hydrogens (tertiary/aromatic N) is 1. The molecule has 0 radical (unpaired) electrons. The second kappa shape index (κ2) is 7.11. The maximum atomic E-state index is 11.2. The number of carbonyl (C=O) groups is 1. The summed E-state index contributed by atoms with van der Waals surface area (Å²) in [5, 5.41) is 10.8. The number of primary amides is 1. The number of nitrogens with one attached hydrogen (secondary N) is 2. The fourth-order valence-corrected chi connectivity index (χ4v) is 3.08. The Morgan fingerprint density at radius 3 is 2.46 bits per heavy atom. The Labute approximate surface area is 151 Å². The molecule has 2 heterocycles. The van der Waals surface area contributed by atoms with Gasteiger partial charge in [-0.3, -0.25) is 9.89 Å². The van der Waals surface area contributed by atoms with Gasteiger partial charge in [0.1, 0.15) is 0 Å². The molecule has 6 nitrogen and oxygen atoms in total. The molecular weight excluding hydrogens is 328 g/mol. The van der Waals surface area contributed by atoms with E-state index < -0.39 is 5.91 Å². The minimum atomic E-state index is -0.434. The van der Waals surface area contributed by atoms with Gasteiger partial charge in [0.25, 0.3) is 0 Å². The van der Waals surface area contributed by atoms with E-state index in [1.165, 1.54) is 5.56 Å². The zero-order valence-corrected chi connectivity index (χ0v) is 14.2. The number of rotatable bonds is 4. The van der Waals surface area contributed by atoms with Crippen LogP contribution in [0.1, 0.15) is 22.0 Å². The molecule has 1 aliphatic heterocycles. The van der Waals surface area contributed by atoms with Crippen molar-refractivity contribution in [3.63, 3.8) is 0 Å². The Morgan fingerprint density at radius 2 is 1.81 bits per heavy atom. The maximum absolute atomic E-state index is 11.2. The Morgan fingerprint density at radius 1 is 1.08 bits per heavy atom. The number of aromatic amines is 1. The van der Waals surface area contributed by atoms with Crippen LogP contribution in [0.3, 0.4) is 0 Å². The van der Waals surface area contributed by atoms with Crippen LogP contribution in [-0.4, -0.2) is 35.8 Å². The Balaban J connectivity index is 1.53. The predicted octanol–water partition coefficient (Wildman–Crippen LogP) is 2.50. The van der Waals surface area contributed by atoms with Crippen molar-refractivity contribution in [3.05, 3.63) is 65.7 Å². The summed E-state index contributed by atoms with van der Waals surface area (Å²) in [6.45, 7) is 2.49. The van der Waals surface area contributed by atoms with Gasteiger partial charge >= 0.3 is 0 Å². The molecule has 1 aliphatic rings. The van der Waals surface area contributed by atoms with E-state index in [1.54, 1.807) is 12.1 Å². The van der Waals surface area contributed by atoms with Crippen LogP contribution >= 0.6 is 0 Å². The highest BCUT2D eigenvalue weighted by molar-refractivity contribution is 5.93. The number of H-pyrrole nitrogens is 1. The summed E-state index contributed by atoms with van der Waals surface area (Å²) in [5.74, 6) is -0.434. The van der Waals surface area contributed by atoms with Crippen LogP contribution < -0.4 is 11.1 Å². The number of carbonyl (C=O) groups excluding carboxylic acids is 1. The minimum Gasteiger partial charge on any atom is -0.371 e. The van der Waals surface area contributed by atoms with E-state index in [4.69, 9.17) is 10.5 Å². The molecule has 1 amide bonds. The van der Waals surface area contributed by atoms with Gasteiger partial charge in [0, 0.05) is 24.2 Å². The number of hydrogen-bond donors (Lipinski definition) is 3. The highest BCUT2D eigenvalue weighted by atomic mass is 16.5. The van der Waals surface area contributed by atoms with Crippen molar-refractivity contribution in [3.8, 4) is 22.5 Å². The summed E-state index contributed by atoms with van der Waals surface area (Å²) >= 11 is 0. The first-order valence-electron chi connectivity index (χ1n) is 8.59. The van der Waals surface area contributed by atoms with Gasteiger partial charge in [-0.2, -0.15) is 5.10 Å². The fourth-order valence-electron chi connectivity index (χ4n) is 3.08. The summed E-state index contributed by atoms with van der Waals surface area (Å²) < 4.78 is 5.78. The van der Waals surface area contributed by atoms with E-state index in [9.17, 15) is 4.79 Å². The van der Waals surface area contributed by atoms with Crippen LogP contribution in [-0.2, 0) is 4.74 Å². The molecule has 0 aliphatic carbocycles. The Hall–Kier alpha value is -2.96. The van der Waals surface area contributed by atoms with Crippen molar-refractivity contribution in [2.24, 2.45) is 5.73 Å². The average molecular weight is 348 g/mol. The topological polar surface area (TPSA) is 93.0 Å². The van der Waals surface area contributed by atoms with Crippen molar-refractivity contribution in [2.75, 3.05) is 19.7 Å². The summed E-state index contributed by atoms with van der Waals surface area (Å²) in [7, 11) is 0. The first-order chi connectivity index (χ1) is 12.7. The van der Waals surface area contributed by atoms with E-state index in [0.29, 0.717) is 5.56 Å². The third-order valence-electron chi connectivity index (χ3n) is 4.56. The number of ether oxygens (including phenoxy) is 1. The third-order valence-corrected chi connectivity index (χ3v) is 4.56.